The van der Waals surface area contributed by atoms with E-state index in [1.807, 2.05) is 0 Å². The third-order valence-corrected chi connectivity index (χ3v) is 5.43. The Morgan fingerprint density at radius 2 is 1.71 bits per heavy atom. The Morgan fingerprint density at radius 3 is 2.25 bits per heavy atom. The standard InChI is InChI=1S/C17H22F4N2O4S/c1-16(18,15(24)22-9-4-12-23-10-2-3-11-23)13-5-7-14(8-6-13)27-28(25,26)17(19,20)21/h5-8H,2-4,9-12H2,1H3,(H,22,24)/t16-/m0/s1. The number of likely N-dealkylation sites (tertiary alicyclic amines) is 1. The number of hydrogen-bond donors (Lipinski definition) is 1. The van der Waals surface area contributed by atoms with Gasteiger partial charge in [-0.25, -0.2) is 4.39 Å². The number of carbonyl (C=O) groups is 1. The first-order valence-corrected chi connectivity index (χ1v) is 10.2. The second-order valence-electron chi connectivity index (χ2n) is 6.67. The molecule has 0 unspecified atom stereocenters. The Bertz CT molecular complexity index is 773. The average molecular weight is 426 g/mol. The van der Waals surface area contributed by atoms with Gasteiger partial charge >= 0.3 is 15.6 Å². The first kappa shape index (κ1) is 22.4. The molecule has 1 aliphatic heterocycles. The highest BCUT2D eigenvalue weighted by atomic mass is 32.2. The summed E-state index contributed by atoms with van der Waals surface area (Å²) in [6.07, 6.45) is 2.97. The van der Waals surface area contributed by atoms with Crippen LogP contribution in [0.3, 0.4) is 0 Å². The summed E-state index contributed by atoms with van der Waals surface area (Å²) in [4.78, 5) is 14.4. The molecule has 0 aromatic heterocycles. The van der Waals surface area contributed by atoms with Crippen molar-refractivity contribution in [3.63, 3.8) is 0 Å². The minimum absolute atomic E-state index is 0.138. The van der Waals surface area contributed by atoms with Crippen LogP contribution in [0.4, 0.5) is 17.6 Å². The molecule has 1 heterocycles. The van der Waals surface area contributed by atoms with E-state index in [0.717, 1.165) is 63.7 Å². The number of nitrogens with zero attached hydrogens (tertiary/aromatic N) is 1. The zero-order valence-corrected chi connectivity index (χ0v) is 16.1. The van der Waals surface area contributed by atoms with Gasteiger partial charge in [-0.15, -0.1) is 0 Å². The summed E-state index contributed by atoms with van der Waals surface area (Å²) in [5, 5.41) is 2.50. The smallest absolute Gasteiger partial charge is 0.376 e. The molecule has 0 aliphatic carbocycles. The number of alkyl halides is 4. The third-order valence-electron chi connectivity index (χ3n) is 4.45. The molecule has 0 radical (unpaired) electrons. The molecular formula is C17H22F4N2O4S. The monoisotopic (exact) mass is 426 g/mol. The van der Waals surface area contributed by atoms with Gasteiger partial charge in [0.25, 0.3) is 5.91 Å². The van der Waals surface area contributed by atoms with Crippen LogP contribution >= 0.6 is 0 Å². The van der Waals surface area contributed by atoms with E-state index in [1.165, 1.54) is 0 Å². The van der Waals surface area contributed by atoms with E-state index in [1.54, 1.807) is 0 Å². The van der Waals surface area contributed by atoms with Crippen molar-refractivity contribution in [2.45, 2.75) is 37.4 Å². The van der Waals surface area contributed by atoms with Crippen LogP contribution in [-0.2, 0) is 20.6 Å². The van der Waals surface area contributed by atoms with Gasteiger partial charge < -0.3 is 14.4 Å². The molecule has 0 saturated carbocycles. The summed E-state index contributed by atoms with van der Waals surface area (Å²) < 4.78 is 77.6. The molecule has 0 spiro atoms. The fraction of sp³-hybridized carbons (Fsp3) is 0.588. The summed E-state index contributed by atoms with van der Waals surface area (Å²) in [5.41, 5.74) is -8.15. The molecular weight excluding hydrogens is 404 g/mol. The average Bonchev–Trinajstić information content (AvgIpc) is 3.11. The maximum absolute atomic E-state index is 14.8. The van der Waals surface area contributed by atoms with Gasteiger partial charge in [-0.3, -0.25) is 4.79 Å². The molecule has 0 bridgehead atoms. The summed E-state index contributed by atoms with van der Waals surface area (Å²) in [6, 6.07) is 3.73. The van der Waals surface area contributed by atoms with Crippen molar-refractivity contribution in [2.24, 2.45) is 0 Å². The van der Waals surface area contributed by atoms with Crippen LogP contribution in [0.25, 0.3) is 0 Å². The Balaban J connectivity index is 1.92. The molecule has 2 rings (SSSR count). The summed E-state index contributed by atoms with van der Waals surface area (Å²) in [7, 11) is -5.81. The summed E-state index contributed by atoms with van der Waals surface area (Å²) in [6.45, 7) is 4.16. The van der Waals surface area contributed by atoms with Crippen molar-refractivity contribution in [3.8, 4) is 5.75 Å². The number of hydrogen-bond acceptors (Lipinski definition) is 5. The van der Waals surface area contributed by atoms with Crippen molar-refractivity contribution in [1.29, 1.82) is 0 Å². The van der Waals surface area contributed by atoms with E-state index in [-0.39, 0.29) is 5.56 Å². The maximum Gasteiger partial charge on any atom is 0.534 e. The van der Waals surface area contributed by atoms with E-state index in [0.29, 0.717) is 13.0 Å². The zero-order valence-electron chi connectivity index (χ0n) is 15.3. The third kappa shape index (κ3) is 5.57. The van der Waals surface area contributed by atoms with Crippen LogP contribution < -0.4 is 9.50 Å². The van der Waals surface area contributed by atoms with Gasteiger partial charge in [0.2, 0.25) is 5.67 Å². The number of benzene rings is 1. The van der Waals surface area contributed by atoms with Gasteiger partial charge in [0.15, 0.2) is 0 Å². The maximum atomic E-state index is 14.8. The van der Waals surface area contributed by atoms with Crippen molar-refractivity contribution in [1.82, 2.24) is 10.2 Å². The normalized spacial score (nSPS) is 17.9. The highest BCUT2D eigenvalue weighted by Crippen LogP contribution is 2.30. The van der Waals surface area contributed by atoms with E-state index >= 15 is 0 Å². The van der Waals surface area contributed by atoms with Crippen LogP contribution in [0.15, 0.2) is 24.3 Å². The molecule has 1 atom stereocenters. The predicted octanol–water partition coefficient (Wildman–Crippen LogP) is 2.70. The van der Waals surface area contributed by atoms with Crippen molar-refractivity contribution in [2.75, 3.05) is 26.2 Å². The number of nitrogens with one attached hydrogen (secondary N) is 1. The highest BCUT2D eigenvalue weighted by Gasteiger charge is 2.48. The van der Waals surface area contributed by atoms with Crippen molar-refractivity contribution >= 4 is 16.0 Å². The fourth-order valence-electron chi connectivity index (χ4n) is 2.81. The van der Waals surface area contributed by atoms with E-state index in [9.17, 15) is 30.8 Å². The van der Waals surface area contributed by atoms with Crippen LogP contribution in [-0.4, -0.2) is 50.9 Å². The van der Waals surface area contributed by atoms with Crippen LogP contribution in [0, 0.1) is 0 Å². The minimum Gasteiger partial charge on any atom is -0.376 e. The molecule has 6 nitrogen and oxygen atoms in total. The molecule has 158 valence electrons. The Morgan fingerprint density at radius 1 is 1.14 bits per heavy atom. The second-order valence-corrected chi connectivity index (χ2v) is 8.21. The molecule has 1 saturated heterocycles. The van der Waals surface area contributed by atoms with Crippen molar-refractivity contribution in [3.05, 3.63) is 29.8 Å². The quantitative estimate of drug-likeness (QED) is 0.299. The Hall–Kier alpha value is -1.88. The van der Waals surface area contributed by atoms with E-state index in [2.05, 4.69) is 14.4 Å². The van der Waals surface area contributed by atoms with Gasteiger partial charge in [-0.1, -0.05) is 12.1 Å². The molecule has 1 aromatic rings. The molecule has 1 amide bonds. The number of carbonyl (C=O) groups excluding carboxylic acids is 1. The topological polar surface area (TPSA) is 75.7 Å². The van der Waals surface area contributed by atoms with Gasteiger partial charge in [0, 0.05) is 6.54 Å². The minimum atomic E-state index is -5.81. The molecule has 1 aliphatic rings. The van der Waals surface area contributed by atoms with E-state index in [4.69, 9.17) is 0 Å². The van der Waals surface area contributed by atoms with Gasteiger partial charge in [-0.2, -0.15) is 21.6 Å². The van der Waals surface area contributed by atoms with Crippen molar-refractivity contribution < 1.29 is 35.0 Å². The van der Waals surface area contributed by atoms with E-state index < -0.39 is 33.0 Å². The number of rotatable bonds is 8. The largest absolute Gasteiger partial charge is 0.534 e. The molecule has 1 N–H and O–H groups in total. The van der Waals surface area contributed by atoms with Gasteiger partial charge in [-0.05, 0) is 63.5 Å². The molecule has 11 heteroatoms. The second kappa shape index (κ2) is 8.64. The lowest BCUT2D eigenvalue weighted by Gasteiger charge is -2.21. The molecule has 28 heavy (non-hydrogen) atoms. The molecule has 1 fully saturated rings. The first-order chi connectivity index (χ1) is 12.9. The number of halogens is 4. The summed E-state index contributed by atoms with van der Waals surface area (Å²) >= 11 is 0. The fourth-order valence-corrected chi connectivity index (χ4v) is 3.26. The van der Waals surface area contributed by atoms with Gasteiger partial charge in [0.1, 0.15) is 5.75 Å². The lowest BCUT2D eigenvalue weighted by molar-refractivity contribution is -0.132. The Labute approximate surface area is 161 Å². The summed E-state index contributed by atoms with van der Waals surface area (Å²) in [5.74, 6) is -1.52. The lowest BCUT2D eigenvalue weighted by Crippen LogP contribution is -2.40. The SMILES string of the molecule is C[C@@](F)(C(=O)NCCCN1CCCC1)c1ccc(OS(=O)(=O)C(F)(F)F)cc1. The highest BCUT2D eigenvalue weighted by molar-refractivity contribution is 7.88. The number of amides is 1. The Kier molecular flexibility index (Phi) is 6.92. The van der Waals surface area contributed by atoms with Crippen LogP contribution in [0.5, 0.6) is 5.75 Å². The molecule has 1 aromatic carbocycles. The first-order valence-electron chi connectivity index (χ1n) is 8.74. The zero-order chi connectivity index (χ0) is 21.0. The van der Waals surface area contributed by atoms with Gasteiger partial charge in [0.05, 0.1) is 0 Å². The predicted molar refractivity (Wildman–Crippen MR) is 93.8 cm³/mol. The van der Waals surface area contributed by atoms with Crippen LogP contribution in [0.1, 0.15) is 31.7 Å². The van der Waals surface area contributed by atoms with Crippen LogP contribution in [0.2, 0.25) is 0 Å². The lowest BCUT2D eigenvalue weighted by atomic mass is 9.97.